The molecule has 28 heavy (non-hydrogen) atoms. The molecule has 0 bridgehead atoms. The Bertz CT molecular complexity index is 827. The van der Waals surface area contributed by atoms with E-state index in [1.54, 1.807) is 42.5 Å². The van der Waals surface area contributed by atoms with Crippen LogP contribution in [0.3, 0.4) is 0 Å². The molecule has 0 saturated carbocycles. The number of anilines is 1. The molecule has 0 heterocycles. The lowest BCUT2D eigenvalue weighted by Crippen LogP contribution is -2.33. The van der Waals surface area contributed by atoms with Crippen LogP contribution in [0.5, 0.6) is 11.5 Å². The van der Waals surface area contributed by atoms with Crippen molar-refractivity contribution in [3.63, 3.8) is 0 Å². The van der Waals surface area contributed by atoms with Crippen molar-refractivity contribution in [2.24, 2.45) is 0 Å². The molecule has 0 spiro atoms. The van der Waals surface area contributed by atoms with Gasteiger partial charge in [-0.2, -0.15) is 0 Å². The lowest BCUT2D eigenvalue weighted by atomic mass is 10.1. The summed E-state index contributed by atoms with van der Waals surface area (Å²) in [5.74, 6) is -0.0171. The third kappa shape index (κ3) is 5.47. The van der Waals surface area contributed by atoms with Crippen molar-refractivity contribution in [3.05, 3.63) is 53.6 Å². The lowest BCUT2D eigenvalue weighted by molar-refractivity contribution is -0.118. The highest BCUT2D eigenvalue weighted by molar-refractivity contribution is 6.08. The molecule has 148 valence electrons. The van der Waals surface area contributed by atoms with Crippen molar-refractivity contribution in [1.82, 2.24) is 10.6 Å². The Hall–Kier alpha value is -3.55. The maximum atomic E-state index is 12.6. The summed E-state index contributed by atoms with van der Waals surface area (Å²) < 4.78 is 10.5. The number of carbonyl (C=O) groups excluding carboxylic acids is 3. The van der Waals surface area contributed by atoms with Crippen molar-refractivity contribution < 1.29 is 23.9 Å². The van der Waals surface area contributed by atoms with Gasteiger partial charge in [-0.15, -0.1) is 0 Å². The Labute approximate surface area is 163 Å². The summed E-state index contributed by atoms with van der Waals surface area (Å²) in [6, 6.07) is 11.5. The van der Waals surface area contributed by atoms with Crippen molar-refractivity contribution in [2.45, 2.75) is 6.92 Å². The van der Waals surface area contributed by atoms with E-state index in [0.29, 0.717) is 35.8 Å². The smallest absolute Gasteiger partial charge is 0.263 e. The van der Waals surface area contributed by atoms with Gasteiger partial charge < -0.3 is 25.4 Å². The summed E-state index contributed by atoms with van der Waals surface area (Å²) in [4.78, 5) is 35.5. The Morgan fingerprint density at radius 3 is 1.93 bits per heavy atom. The van der Waals surface area contributed by atoms with E-state index in [9.17, 15) is 14.4 Å². The number of nitrogens with one attached hydrogen (secondary N) is 3. The SMILES string of the molecule is COc1cccc(OC)c1C(=O)Nc1ccc(C(=O)NCCNC(C)=O)cc1. The average Bonchev–Trinajstić information content (AvgIpc) is 2.70. The quantitative estimate of drug-likeness (QED) is 0.601. The van der Waals surface area contributed by atoms with Crippen LogP contribution in [0.4, 0.5) is 5.69 Å². The van der Waals surface area contributed by atoms with Gasteiger partial charge in [-0.3, -0.25) is 14.4 Å². The van der Waals surface area contributed by atoms with Crippen molar-refractivity contribution >= 4 is 23.4 Å². The molecule has 0 fully saturated rings. The summed E-state index contributed by atoms with van der Waals surface area (Å²) >= 11 is 0. The molecular formula is C20H23N3O5. The number of rotatable bonds is 8. The minimum absolute atomic E-state index is 0.152. The number of ether oxygens (including phenoxy) is 2. The van der Waals surface area contributed by atoms with Crippen LogP contribution in [-0.4, -0.2) is 45.0 Å². The third-order valence-corrected chi connectivity index (χ3v) is 3.84. The van der Waals surface area contributed by atoms with Gasteiger partial charge in [0, 0.05) is 31.3 Å². The monoisotopic (exact) mass is 385 g/mol. The number of hydrogen-bond donors (Lipinski definition) is 3. The van der Waals surface area contributed by atoms with Crippen LogP contribution in [0.1, 0.15) is 27.6 Å². The Morgan fingerprint density at radius 1 is 0.821 bits per heavy atom. The highest BCUT2D eigenvalue weighted by Crippen LogP contribution is 2.29. The zero-order valence-corrected chi connectivity index (χ0v) is 16.0. The number of methoxy groups -OCH3 is 2. The number of hydrogen-bond acceptors (Lipinski definition) is 5. The average molecular weight is 385 g/mol. The molecule has 2 rings (SSSR count). The molecule has 0 atom stereocenters. The summed E-state index contributed by atoms with van der Waals surface area (Å²) in [7, 11) is 2.95. The molecule has 2 aromatic rings. The highest BCUT2D eigenvalue weighted by Gasteiger charge is 2.18. The normalized spacial score (nSPS) is 9.96. The second-order valence-electron chi connectivity index (χ2n) is 5.81. The third-order valence-electron chi connectivity index (χ3n) is 3.84. The largest absolute Gasteiger partial charge is 0.496 e. The van der Waals surface area contributed by atoms with Crippen molar-refractivity contribution in [1.29, 1.82) is 0 Å². The summed E-state index contributed by atoms with van der Waals surface area (Å²) in [5.41, 5.74) is 1.25. The molecule has 8 heteroatoms. The zero-order chi connectivity index (χ0) is 20.5. The molecule has 3 N–H and O–H groups in total. The predicted molar refractivity (Wildman–Crippen MR) is 105 cm³/mol. The first-order valence-electron chi connectivity index (χ1n) is 8.61. The first-order chi connectivity index (χ1) is 13.5. The van der Waals surface area contributed by atoms with E-state index in [1.165, 1.54) is 21.1 Å². The molecule has 8 nitrogen and oxygen atoms in total. The van der Waals surface area contributed by atoms with Gasteiger partial charge in [-0.05, 0) is 36.4 Å². The van der Waals surface area contributed by atoms with E-state index < -0.39 is 0 Å². The predicted octanol–water partition coefficient (Wildman–Crippen LogP) is 1.82. The van der Waals surface area contributed by atoms with E-state index >= 15 is 0 Å². The number of benzene rings is 2. The van der Waals surface area contributed by atoms with Crippen LogP contribution in [0.25, 0.3) is 0 Å². The molecule has 0 aliphatic carbocycles. The second kappa shape index (κ2) is 9.96. The van der Waals surface area contributed by atoms with E-state index in [1.807, 2.05) is 0 Å². The fourth-order valence-electron chi connectivity index (χ4n) is 2.49. The molecule has 0 aliphatic rings. The van der Waals surface area contributed by atoms with Crippen LogP contribution >= 0.6 is 0 Å². The maximum absolute atomic E-state index is 12.6. The van der Waals surface area contributed by atoms with Gasteiger partial charge in [0.25, 0.3) is 11.8 Å². The summed E-state index contributed by atoms with van der Waals surface area (Å²) in [6.45, 7) is 2.09. The van der Waals surface area contributed by atoms with E-state index in [0.717, 1.165) is 0 Å². The van der Waals surface area contributed by atoms with Crippen molar-refractivity contribution in [3.8, 4) is 11.5 Å². The summed E-state index contributed by atoms with van der Waals surface area (Å²) in [5, 5.41) is 8.05. The molecular weight excluding hydrogens is 362 g/mol. The standard InChI is InChI=1S/C20H23N3O5/c1-13(24)21-11-12-22-19(25)14-7-9-15(10-8-14)23-20(26)18-16(27-2)5-4-6-17(18)28-3/h4-10H,11-12H2,1-3H3,(H,21,24)(H,22,25)(H,23,26). The van der Waals surface area contributed by atoms with Gasteiger partial charge in [-0.25, -0.2) is 0 Å². The van der Waals surface area contributed by atoms with Gasteiger partial charge in [0.2, 0.25) is 5.91 Å². The molecule has 0 saturated heterocycles. The first kappa shape index (κ1) is 20.8. The molecule has 0 unspecified atom stereocenters. The van der Waals surface area contributed by atoms with Crippen LogP contribution in [0, 0.1) is 0 Å². The van der Waals surface area contributed by atoms with E-state index in [2.05, 4.69) is 16.0 Å². The molecule has 0 aromatic heterocycles. The molecule has 0 radical (unpaired) electrons. The fraction of sp³-hybridized carbons (Fsp3) is 0.250. The second-order valence-corrected chi connectivity index (χ2v) is 5.81. The van der Waals surface area contributed by atoms with Gasteiger partial charge >= 0.3 is 0 Å². The van der Waals surface area contributed by atoms with Gasteiger partial charge in [-0.1, -0.05) is 6.07 Å². The van der Waals surface area contributed by atoms with Gasteiger partial charge in [0.1, 0.15) is 17.1 Å². The van der Waals surface area contributed by atoms with Crippen LogP contribution < -0.4 is 25.4 Å². The minimum atomic E-state index is -0.387. The maximum Gasteiger partial charge on any atom is 0.263 e. The van der Waals surface area contributed by atoms with Crippen LogP contribution in [0.15, 0.2) is 42.5 Å². The van der Waals surface area contributed by atoms with Gasteiger partial charge in [0.05, 0.1) is 14.2 Å². The van der Waals surface area contributed by atoms with Gasteiger partial charge in [0.15, 0.2) is 0 Å². The van der Waals surface area contributed by atoms with Crippen molar-refractivity contribution in [2.75, 3.05) is 32.6 Å². The van der Waals surface area contributed by atoms with E-state index in [4.69, 9.17) is 9.47 Å². The molecule has 2 aromatic carbocycles. The molecule has 0 aliphatic heterocycles. The fourth-order valence-corrected chi connectivity index (χ4v) is 2.49. The topological polar surface area (TPSA) is 106 Å². The zero-order valence-electron chi connectivity index (χ0n) is 16.0. The Morgan fingerprint density at radius 2 is 1.39 bits per heavy atom. The van der Waals surface area contributed by atoms with Crippen LogP contribution in [-0.2, 0) is 4.79 Å². The first-order valence-corrected chi connectivity index (χ1v) is 8.61. The Kier molecular flexibility index (Phi) is 7.38. The lowest BCUT2D eigenvalue weighted by Gasteiger charge is -2.13. The molecule has 3 amide bonds. The van der Waals surface area contributed by atoms with Crippen LogP contribution in [0.2, 0.25) is 0 Å². The minimum Gasteiger partial charge on any atom is -0.496 e. The van der Waals surface area contributed by atoms with E-state index in [-0.39, 0.29) is 23.3 Å². The number of amides is 3. The highest BCUT2D eigenvalue weighted by atomic mass is 16.5. The number of carbonyl (C=O) groups is 3. The summed E-state index contributed by atoms with van der Waals surface area (Å²) in [6.07, 6.45) is 0. The Balaban J connectivity index is 2.02.